The summed E-state index contributed by atoms with van der Waals surface area (Å²) in [4.78, 5) is 2.55. The number of piperidine rings is 1. The van der Waals surface area contributed by atoms with Crippen LogP contribution in [0.4, 0.5) is 0 Å². The number of benzene rings is 1. The van der Waals surface area contributed by atoms with Crippen molar-refractivity contribution in [2.45, 2.75) is 51.0 Å². The highest BCUT2D eigenvalue weighted by molar-refractivity contribution is 5.85. The second-order valence-corrected chi connectivity index (χ2v) is 6.66. The van der Waals surface area contributed by atoms with E-state index in [4.69, 9.17) is 0 Å². The lowest BCUT2D eigenvalue weighted by Crippen LogP contribution is -2.57. The van der Waals surface area contributed by atoms with Crippen molar-refractivity contribution >= 4 is 12.4 Å². The van der Waals surface area contributed by atoms with Crippen molar-refractivity contribution in [2.75, 3.05) is 13.6 Å². The summed E-state index contributed by atoms with van der Waals surface area (Å²) in [6, 6.07) is 6.69. The van der Waals surface area contributed by atoms with Crippen LogP contribution in [-0.4, -0.2) is 29.6 Å². The average Bonchev–Trinajstić information content (AvgIpc) is 2.39. The molecule has 0 saturated carbocycles. The molecule has 2 bridgehead atoms. The molecule has 0 unspecified atom stereocenters. The van der Waals surface area contributed by atoms with Gasteiger partial charge in [0.05, 0.1) is 0 Å². The summed E-state index contributed by atoms with van der Waals surface area (Å²) in [7, 11) is 2.28. The minimum Gasteiger partial charge on any atom is -0.508 e. The third kappa shape index (κ3) is 2.23. The van der Waals surface area contributed by atoms with E-state index in [9.17, 15) is 5.11 Å². The molecule has 1 aliphatic heterocycles. The monoisotopic (exact) mass is 295 g/mol. The van der Waals surface area contributed by atoms with Gasteiger partial charge >= 0.3 is 0 Å². The Bertz CT molecular complexity index is 490. The number of rotatable bonds is 2. The van der Waals surface area contributed by atoms with Crippen LogP contribution in [0.15, 0.2) is 18.2 Å². The lowest BCUT2D eigenvalue weighted by atomic mass is 9.57. The Morgan fingerprint density at radius 2 is 2.15 bits per heavy atom. The summed E-state index contributed by atoms with van der Waals surface area (Å²) >= 11 is 0. The molecule has 1 aromatic rings. The highest BCUT2D eigenvalue weighted by Gasteiger charge is 2.49. The molecule has 0 spiro atoms. The summed E-state index contributed by atoms with van der Waals surface area (Å²) < 4.78 is 0. The zero-order valence-electron chi connectivity index (χ0n) is 12.7. The van der Waals surface area contributed by atoms with E-state index in [0.717, 1.165) is 12.3 Å². The fraction of sp³-hybridized carbons (Fsp3) is 0.647. The SMILES string of the molecule is CCC[C@@H]1[C@H]2Cc3ccc(O)cc3[C@]1(C)CCN2C.Cl. The molecule has 1 fully saturated rings. The minimum absolute atomic E-state index is 0. The van der Waals surface area contributed by atoms with Crippen molar-refractivity contribution in [2.24, 2.45) is 5.92 Å². The van der Waals surface area contributed by atoms with Crippen LogP contribution in [0.3, 0.4) is 0 Å². The van der Waals surface area contributed by atoms with Crippen molar-refractivity contribution in [1.82, 2.24) is 4.90 Å². The largest absolute Gasteiger partial charge is 0.508 e. The van der Waals surface area contributed by atoms with E-state index in [1.165, 1.54) is 36.9 Å². The fourth-order valence-electron chi connectivity index (χ4n) is 4.45. The summed E-state index contributed by atoms with van der Waals surface area (Å²) in [6.07, 6.45) is 4.90. The van der Waals surface area contributed by atoms with Gasteiger partial charge in [-0.05, 0) is 67.4 Å². The molecule has 112 valence electrons. The Hall–Kier alpha value is -0.730. The highest BCUT2D eigenvalue weighted by Crippen LogP contribution is 2.50. The highest BCUT2D eigenvalue weighted by atomic mass is 35.5. The topological polar surface area (TPSA) is 23.5 Å². The maximum absolute atomic E-state index is 9.86. The predicted octanol–water partition coefficient (Wildman–Crippen LogP) is 3.75. The molecule has 1 N–H and O–H groups in total. The molecule has 3 rings (SSSR count). The van der Waals surface area contributed by atoms with E-state index in [1.807, 2.05) is 12.1 Å². The molecule has 0 radical (unpaired) electrons. The zero-order chi connectivity index (χ0) is 13.6. The van der Waals surface area contributed by atoms with Crippen LogP contribution in [0.25, 0.3) is 0 Å². The first kappa shape index (κ1) is 15.7. The number of fused-ring (bicyclic) bond motifs is 4. The first-order valence-corrected chi connectivity index (χ1v) is 7.59. The maximum atomic E-state index is 9.86. The van der Waals surface area contributed by atoms with Crippen LogP contribution >= 0.6 is 12.4 Å². The number of phenols is 1. The molecule has 3 atom stereocenters. The second-order valence-electron chi connectivity index (χ2n) is 6.66. The molecule has 2 nitrogen and oxygen atoms in total. The van der Waals surface area contributed by atoms with E-state index >= 15 is 0 Å². The van der Waals surface area contributed by atoms with Gasteiger partial charge in [-0.3, -0.25) is 0 Å². The maximum Gasteiger partial charge on any atom is 0.115 e. The fourth-order valence-corrected chi connectivity index (χ4v) is 4.45. The smallest absolute Gasteiger partial charge is 0.115 e. The number of likely N-dealkylation sites (N-methyl/N-ethyl adjacent to an activating group) is 1. The Morgan fingerprint density at radius 3 is 2.85 bits per heavy atom. The molecule has 2 aliphatic rings. The van der Waals surface area contributed by atoms with Crippen LogP contribution < -0.4 is 0 Å². The van der Waals surface area contributed by atoms with E-state index in [1.54, 1.807) is 0 Å². The first-order valence-electron chi connectivity index (χ1n) is 7.59. The first-order chi connectivity index (χ1) is 9.06. The quantitative estimate of drug-likeness (QED) is 0.898. The normalized spacial score (nSPS) is 32.4. The molecule has 1 saturated heterocycles. The van der Waals surface area contributed by atoms with E-state index in [-0.39, 0.29) is 17.8 Å². The summed E-state index contributed by atoms with van der Waals surface area (Å²) in [5.74, 6) is 1.15. The summed E-state index contributed by atoms with van der Waals surface area (Å²) in [5.41, 5.74) is 3.11. The van der Waals surface area contributed by atoms with Crippen molar-refractivity contribution < 1.29 is 5.11 Å². The molecule has 1 heterocycles. The predicted molar refractivity (Wildman–Crippen MR) is 85.8 cm³/mol. The molecular weight excluding hydrogens is 270 g/mol. The molecule has 1 aromatic carbocycles. The van der Waals surface area contributed by atoms with Crippen LogP contribution in [0, 0.1) is 5.92 Å². The molecule has 1 aliphatic carbocycles. The lowest BCUT2D eigenvalue weighted by Gasteiger charge is -2.55. The number of halogens is 1. The van der Waals surface area contributed by atoms with E-state index in [2.05, 4.69) is 31.9 Å². The van der Waals surface area contributed by atoms with Gasteiger partial charge in [0.1, 0.15) is 5.75 Å². The molecule has 0 amide bonds. The third-order valence-electron chi connectivity index (χ3n) is 5.57. The Labute approximate surface area is 128 Å². The van der Waals surface area contributed by atoms with Gasteiger partial charge in [-0.2, -0.15) is 0 Å². The number of aromatic hydroxyl groups is 1. The number of hydrogen-bond donors (Lipinski definition) is 1. The zero-order valence-corrected chi connectivity index (χ0v) is 13.5. The van der Waals surface area contributed by atoms with Crippen molar-refractivity contribution in [1.29, 1.82) is 0 Å². The number of hydrogen-bond acceptors (Lipinski definition) is 2. The second kappa shape index (κ2) is 5.57. The molecule has 3 heteroatoms. The molecular formula is C17H26ClNO. The van der Waals surface area contributed by atoms with Gasteiger partial charge in [-0.1, -0.05) is 26.3 Å². The van der Waals surface area contributed by atoms with Crippen molar-refractivity contribution in [3.63, 3.8) is 0 Å². The standard InChI is InChI=1S/C17H25NO.ClH/c1-4-5-14-16-10-12-6-7-13(19)11-15(12)17(14,2)8-9-18(16)3;/h6-7,11,14,16,19H,4-5,8-10H2,1-3H3;1H/t14-,16-,17-;/m1./s1. The van der Waals surface area contributed by atoms with Gasteiger partial charge in [0.25, 0.3) is 0 Å². The van der Waals surface area contributed by atoms with E-state index in [0.29, 0.717) is 11.8 Å². The number of phenolic OH excluding ortho intramolecular Hbond substituents is 1. The lowest BCUT2D eigenvalue weighted by molar-refractivity contribution is 0.0344. The van der Waals surface area contributed by atoms with Crippen molar-refractivity contribution in [3.05, 3.63) is 29.3 Å². The van der Waals surface area contributed by atoms with E-state index < -0.39 is 0 Å². The van der Waals surface area contributed by atoms with Crippen LogP contribution in [-0.2, 0) is 11.8 Å². The number of nitrogens with zero attached hydrogens (tertiary/aromatic N) is 1. The Balaban J connectivity index is 0.00000147. The Morgan fingerprint density at radius 1 is 1.40 bits per heavy atom. The van der Waals surface area contributed by atoms with Gasteiger partial charge < -0.3 is 10.0 Å². The van der Waals surface area contributed by atoms with Gasteiger partial charge in [0.2, 0.25) is 0 Å². The third-order valence-corrected chi connectivity index (χ3v) is 5.57. The molecule has 0 aromatic heterocycles. The summed E-state index contributed by atoms with van der Waals surface area (Å²) in [5, 5.41) is 9.86. The average molecular weight is 296 g/mol. The van der Waals surface area contributed by atoms with Gasteiger partial charge in [-0.25, -0.2) is 0 Å². The van der Waals surface area contributed by atoms with Crippen molar-refractivity contribution in [3.8, 4) is 5.75 Å². The minimum atomic E-state index is 0. The summed E-state index contributed by atoms with van der Waals surface area (Å²) in [6.45, 7) is 5.89. The van der Waals surface area contributed by atoms with Crippen LogP contribution in [0.2, 0.25) is 0 Å². The van der Waals surface area contributed by atoms with Gasteiger partial charge in [-0.15, -0.1) is 12.4 Å². The van der Waals surface area contributed by atoms with Gasteiger partial charge in [0, 0.05) is 6.04 Å². The number of likely N-dealkylation sites (tertiary alicyclic amines) is 1. The van der Waals surface area contributed by atoms with Crippen LogP contribution in [0.1, 0.15) is 44.2 Å². The van der Waals surface area contributed by atoms with Gasteiger partial charge in [0.15, 0.2) is 0 Å². The Kier molecular flexibility index (Phi) is 4.36. The van der Waals surface area contributed by atoms with Crippen LogP contribution in [0.5, 0.6) is 5.75 Å². The molecule has 20 heavy (non-hydrogen) atoms.